The van der Waals surface area contributed by atoms with E-state index in [4.69, 9.17) is 4.99 Å². The maximum atomic E-state index is 13.6. The zero-order valence-electron chi connectivity index (χ0n) is 26.5. The minimum Gasteiger partial charge on any atom is -0.370 e. The van der Waals surface area contributed by atoms with Crippen molar-refractivity contribution in [2.45, 2.75) is 96.9 Å². The van der Waals surface area contributed by atoms with Crippen LogP contribution in [-0.2, 0) is 6.42 Å². The molecular weight excluding hydrogens is 545 g/mol. The molecule has 2 N–H and O–H groups in total. The first-order valence-corrected chi connectivity index (χ1v) is 16.7. The second-order valence-electron chi connectivity index (χ2n) is 13.3. The van der Waals surface area contributed by atoms with Gasteiger partial charge in [-0.15, -0.1) is 0 Å². The number of ketones is 1. The minimum atomic E-state index is -0.210. The van der Waals surface area contributed by atoms with Crippen LogP contribution in [0, 0.1) is 17.7 Å². The average Bonchev–Trinajstić information content (AvgIpc) is 3.64. The molecule has 6 rings (SSSR count). The largest absolute Gasteiger partial charge is 0.370 e. The highest BCUT2D eigenvalue weighted by Gasteiger charge is 2.26. The number of aromatic amines is 1. The van der Waals surface area contributed by atoms with E-state index in [-0.39, 0.29) is 17.5 Å². The molecule has 1 aliphatic carbocycles. The molecule has 0 radical (unpaired) electrons. The summed E-state index contributed by atoms with van der Waals surface area (Å²) in [6.07, 6.45) is 12.8. The van der Waals surface area contributed by atoms with Crippen molar-refractivity contribution >= 4 is 28.2 Å². The number of hydrogen-bond donors (Lipinski definition) is 2. The summed E-state index contributed by atoms with van der Waals surface area (Å²) in [5.74, 6) is 2.88. The standard InChI is InChI=1S/C39H46FN3O/c1-4-7-27-12-14-28(15-13-27)26(3)42-39-23-32-20-30(16-18-36(32)43-39)31-17-19-37-34(22-31)35(24-41-37)38(44)11-5-8-25(2)29-9-6-10-33(40)21-29/h6,9-10,16-22,24-28,41H,4-5,7-8,11-15,23H2,1-3H3,(H,42,43)/t25-,26?,27?,28?/m1/s1. The van der Waals surface area contributed by atoms with Gasteiger partial charge in [-0.3, -0.25) is 4.79 Å². The van der Waals surface area contributed by atoms with E-state index in [2.05, 4.69) is 67.5 Å². The maximum Gasteiger partial charge on any atom is 0.165 e. The normalized spacial score (nSPS) is 19.4. The molecule has 4 aromatic rings. The van der Waals surface area contributed by atoms with Crippen LogP contribution in [0.25, 0.3) is 22.0 Å². The van der Waals surface area contributed by atoms with E-state index in [0.717, 1.165) is 75.8 Å². The van der Waals surface area contributed by atoms with Gasteiger partial charge in [0.15, 0.2) is 5.78 Å². The fraction of sp³-hybridized carbons (Fsp3) is 0.436. The molecule has 2 aliphatic rings. The Balaban J connectivity index is 1.07. The van der Waals surface area contributed by atoms with E-state index in [1.54, 1.807) is 12.1 Å². The number of aliphatic imine (C=N–C) groups is 1. The summed E-state index contributed by atoms with van der Waals surface area (Å²) in [5.41, 5.74) is 7.26. The topological polar surface area (TPSA) is 57.2 Å². The first kappa shape index (κ1) is 30.3. The molecule has 1 unspecified atom stereocenters. The molecule has 1 aromatic heterocycles. The summed E-state index contributed by atoms with van der Waals surface area (Å²) in [4.78, 5) is 21.5. The summed E-state index contributed by atoms with van der Waals surface area (Å²) in [6.45, 7) is 6.73. The SMILES string of the molecule is CCCC1CCC(C(C)NC2=Nc3ccc(-c4ccc5[nH]cc(C(=O)CCC[C@@H](C)c6cccc(F)c6)c5c4)cc3C2)CC1. The Kier molecular flexibility index (Phi) is 9.30. The zero-order valence-corrected chi connectivity index (χ0v) is 26.5. The molecular formula is C39H46FN3O. The lowest BCUT2D eigenvalue weighted by Crippen LogP contribution is -2.39. The van der Waals surface area contributed by atoms with Crippen LogP contribution in [-0.4, -0.2) is 22.6 Å². The van der Waals surface area contributed by atoms with Gasteiger partial charge in [-0.1, -0.05) is 63.8 Å². The lowest BCUT2D eigenvalue weighted by atomic mass is 9.77. The lowest BCUT2D eigenvalue weighted by molar-refractivity contribution is 0.0980. The van der Waals surface area contributed by atoms with Gasteiger partial charge in [-0.25, -0.2) is 9.38 Å². The molecule has 44 heavy (non-hydrogen) atoms. The molecule has 0 spiro atoms. The Hall–Kier alpha value is -3.73. The number of nitrogens with zero attached hydrogens (tertiary/aromatic N) is 1. The molecule has 1 fully saturated rings. The van der Waals surface area contributed by atoms with Gasteiger partial charge in [-0.05, 0) is 109 Å². The molecule has 1 aliphatic heterocycles. The van der Waals surface area contributed by atoms with Gasteiger partial charge in [0.1, 0.15) is 11.7 Å². The number of nitrogens with one attached hydrogen (secondary N) is 2. The van der Waals surface area contributed by atoms with Crippen LogP contribution in [0.2, 0.25) is 0 Å². The second kappa shape index (κ2) is 13.5. The Morgan fingerprint density at radius 2 is 1.82 bits per heavy atom. The van der Waals surface area contributed by atoms with Crippen molar-refractivity contribution in [2.75, 3.05) is 0 Å². The van der Waals surface area contributed by atoms with Crippen LogP contribution < -0.4 is 5.32 Å². The molecule has 3 aromatic carbocycles. The van der Waals surface area contributed by atoms with Gasteiger partial charge in [0.25, 0.3) is 0 Å². The van der Waals surface area contributed by atoms with E-state index in [0.29, 0.717) is 12.5 Å². The highest BCUT2D eigenvalue weighted by molar-refractivity contribution is 6.08. The number of rotatable bonds is 11. The number of carbonyl (C=O) groups excluding carboxylic acids is 1. The molecule has 5 heteroatoms. The molecule has 0 saturated heterocycles. The van der Waals surface area contributed by atoms with Gasteiger partial charge in [0, 0.05) is 41.5 Å². The van der Waals surface area contributed by atoms with Gasteiger partial charge >= 0.3 is 0 Å². The monoisotopic (exact) mass is 591 g/mol. The summed E-state index contributed by atoms with van der Waals surface area (Å²) < 4.78 is 13.6. The van der Waals surface area contributed by atoms with E-state index in [9.17, 15) is 9.18 Å². The van der Waals surface area contributed by atoms with Gasteiger partial charge in [0.2, 0.25) is 0 Å². The van der Waals surface area contributed by atoms with Crippen molar-refractivity contribution in [1.29, 1.82) is 0 Å². The van der Waals surface area contributed by atoms with Gasteiger partial charge in [0.05, 0.1) is 5.69 Å². The molecule has 2 atom stereocenters. The fourth-order valence-electron chi connectivity index (χ4n) is 7.44. The van der Waals surface area contributed by atoms with Crippen molar-refractivity contribution in [1.82, 2.24) is 10.3 Å². The number of fused-ring (bicyclic) bond motifs is 2. The number of hydrogen-bond acceptors (Lipinski definition) is 3. The third kappa shape index (κ3) is 6.82. The smallest absolute Gasteiger partial charge is 0.165 e. The molecule has 1 saturated carbocycles. The van der Waals surface area contributed by atoms with Crippen LogP contribution in [0.3, 0.4) is 0 Å². The maximum absolute atomic E-state index is 13.6. The number of carbonyl (C=O) groups is 1. The van der Waals surface area contributed by atoms with Crippen LogP contribution in [0.4, 0.5) is 10.1 Å². The Morgan fingerprint density at radius 3 is 2.61 bits per heavy atom. The second-order valence-corrected chi connectivity index (χ2v) is 13.3. The van der Waals surface area contributed by atoms with Crippen LogP contribution in [0.1, 0.15) is 106 Å². The van der Waals surface area contributed by atoms with Crippen molar-refractivity contribution in [3.8, 4) is 11.1 Å². The predicted molar refractivity (Wildman–Crippen MR) is 180 cm³/mol. The highest BCUT2D eigenvalue weighted by atomic mass is 19.1. The number of amidine groups is 1. The van der Waals surface area contributed by atoms with E-state index >= 15 is 0 Å². The number of Topliss-reactive ketones (excluding diaryl/α,β-unsaturated/α-hetero) is 1. The summed E-state index contributed by atoms with van der Waals surface area (Å²) >= 11 is 0. The molecule has 0 bridgehead atoms. The Morgan fingerprint density at radius 1 is 1.02 bits per heavy atom. The third-order valence-corrected chi connectivity index (χ3v) is 10.2. The first-order chi connectivity index (χ1) is 21.4. The van der Waals surface area contributed by atoms with Crippen LogP contribution in [0.5, 0.6) is 0 Å². The number of H-pyrrole nitrogens is 1. The van der Waals surface area contributed by atoms with Crippen LogP contribution in [0.15, 0.2) is 71.9 Å². The minimum absolute atomic E-state index is 0.144. The summed E-state index contributed by atoms with van der Waals surface area (Å²) in [6, 6.07) is 20.1. The van der Waals surface area contributed by atoms with E-state index in [1.807, 2.05) is 12.3 Å². The summed E-state index contributed by atoms with van der Waals surface area (Å²) in [5, 5.41) is 4.73. The first-order valence-electron chi connectivity index (χ1n) is 16.7. The molecule has 0 amide bonds. The van der Waals surface area contributed by atoms with Gasteiger partial charge < -0.3 is 10.3 Å². The highest BCUT2D eigenvalue weighted by Crippen LogP contribution is 2.36. The molecule has 4 nitrogen and oxygen atoms in total. The molecule has 230 valence electrons. The molecule has 2 heterocycles. The summed E-state index contributed by atoms with van der Waals surface area (Å²) in [7, 11) is 0. The van der Waals surface area contributed by atoms with E-state index < -0.39 is 0 Å². The van der Waals surface area contributed by atoms with Crippen molar-refractivity contribution in [3.63, 3.8) is 0 Å². The van der Waals surface area contributed by atoms with Crippen molar-refractivity contribution in [2.24, 2.45) is 16.8 Å². The quantitative estimate of drug-likeness (QED) is 0.171. The average molecular weight is 592 g/mol. The van der Waals surface area contributed by atoms with E-state index in [1.165, 1.54) is 50.2 Å². The zero-order chi connectivity index (χ0) is 30.6. The van der Waals surface area contributed by atoms with Gasteiger partial charge in [-0.2, -0.15) is 0 Å². The van der Waals surface area contributed by atoms with Crippen molar-refractivity contribution < 1.29 is 9.18 Å². The number of benzene rings is 3. The predicted octanol–water partition coefficient (Wildman–Crippen LogP) is 10.3. The number of halogens is 1. The Bertz CT molecular complexity index is 1640. The Labute approximate surface area is 261 Å². The third-order valence-electron chi connectivity index (χ3n) is 10.2. The lowest BCUT2D eigenvalue weighted by Gasteiger charge is -2.33. The van der Waals surface area contributed by atoms with Crippen LogP contribution >= 0.6 is 0 Å². The fourth-order valence-corrected chi connectivity index (χ4v) is 7.44. The van der Waals surface area contributed by atoms with Crippen molar-refractivity contribution in [3.05, 3.63) is 89.4 Å². The number of aromatic nitrogens is 1.